The SMILES string of the molecule is CCCCn1nnnc1CN(C)CC(=O)OC. The molecule has 0 aliphatic heterocycles. The first-order chi connectivity index (χ1) is 8.17. The Morgan fingerprint density at radius 2 is 2.29 bits per heavy atom. The maximum atomic E-state index is 11.1. The van der Waals surface area contributed by atoms with Crippen LogP contribution in [0.5, 0.6) is 0 Å². The van der Waals surface area contributed by atoms with E-state index in [1.165, 1.54) is 7.11 Å². The quantitative estimate of drug-likeness (QED) is 0.629. The van der Waals surface area contributed by atoms with Crippen molar-refractivity contribution in [2.45, 2.75) is 32.9 Å². The van der Waals surface area contributed by atoms with Gasteiger partial charge in [0.25, 0.3) is 0 Å². The van der Waals surface area contributed by atoms with E-state index in [4.69, 9.17) is 0 Å². The van der Waals surface area contributed by atoms with Gasteiger partial charge in [-0.15, -0.1) is 5.10 Å². The fourth-order valence-corrected chi connectivity index (χ4v) is 1.40. The van der Waals surface area contributed by atoms with E-state index >= 15 is 0 Å². The van der Waals surface area contributed by atoms with Crippen LogP contribution in [0.15, 0.2) is 0 Å². The smallest absolute Gasteiger partial charge is 0.319 e. The van der Waals surface area contributed by atoms with Crippen LogP contribution in [-0.2, 0) is 22.6 Å². The van der Waals surface area contributed by atoms with Gasteiger partial charge in [-0.3, -0.25) is 9.69 Å². The highest BCUT2D eigenvalue weighted by Crippen LogP contribution is 2.00. The molecular formula is C10H19N5O2. The summed E-state index contributed by atoms with van der Waals surface area (Å²) in [7, 11) is 3.21. The third-order valence-electron chi connectivity index (χ3n) is 2.37. The molecule has 17 heavy (non-hydrogen) atoms. The van der Waals surface area contributed by atoms with Gasteiger partial charge in [-0.05, 0) is 23.9 Å². The Bertz CT molecular complexity index is 352. The molecule has 1 aromatic rings. The molecule has 0 fully saturated rings. The van der Waals surface area contributed by atoms with Gasteiger partial charge in [0.05, 0.1) is 20.2 Å². The Labute approximate surface area is 101 Å². The van der Waals surface area contributed by atoms with E-state index in [0.29, 0.717) is 6.54 Å². The molecule has 1 rings (SSSR count). The van der Waals surface area contributed by atoms with Crippen molar-refractivity contribution in [3.8, 4) is 0 Å². The molecule has 0 atom stereocenters. The molecule has 0 radical (unpaired) electrons. The Morgan fingerprint density at radius 1 is 1.53 bits per heavy atom. The highest BCUT2D eigenvalue weighted by atomic mass is 16.5. The summed E-state index contributed by atoms with van der Waals surface area (Å²) in [4.78, 5) is 12.9. The van der Waals surface area contributed by atoms with E-state index in [1.54, 1.807) is 4.68 Å². The third-order valence-corrected chi connectivity index (χ3v) is 2.37. The fourth-order valence-electron chi connectivity index (χ4n) is 1.40. The van der Waals surface area contributed by atoms with Crippen molar-refractivity contribution in [2.24, 2.45) is 0 Å². The van der Waals surface area contributed by atoms with Gasteiger partial charge in [-0.1, -0.05) is 13.3 Å². The minimum atomic E-state index is -0.264. The lowest BCUT2D eigenvalue weighted by molar-refractivity contribution is -0.141. The summed E-state index contributed by atoms with van der Waals surface area (Å²) in [6, 6.07) is 0. The number of ether oxygens (including phenoxy) is 1. The predicted octanol–water partition coefficient (Wildman–Crippen LogP) is 0.0780. The molecule has 0 aliphatic carbocycles. The van der Waals surface area contributed by atoms with Crippen LogP contribution in [0.4, 0.5) is 0 Å². The standard InChI is InChI=1S/C10H19N5O2/c1-4-5-6-15-9(11-12-13-15)7-14(2)8-10(16)17-3/h4-8H2,1-3H3. The van der Waals surface area contributed by atoms with Gasteiger partial charge in [0.2, 0.25) is 0 Å². The highest BCUT2D eigenvalue weighted by molar-refractivity contribution is 5.71. The third kappa shape index (κ3) is 4.48. The number of hydrogen-bond acceptors (Lipinski definition) is 6. The monoisotopic (exact) mass is 241 g/mol. The first kappa shape index (κ1) is 13.6. The summed E-state index contributed by atoms with van der Waals surface area (Å²) in [6.45, 7) is 3.70. The second-order valence-corrected chi connectivity index (χ2v) is 3.92. The zero-order valence-corrected chi connectivity index (χ0v) is 10.6. The number of methoxy groups -OCH3 is 1. The molecule has 0 spiro atoms. The average Bonchev–Trinajstić information content (AvgIpc) is 2.73. The fraction of sp³-hybridized carbons (Fsp3) is 0.800. The van der Waals surface area contributed by atoms with E-state index < -0.39 is 0 Å². The lowest BCUT2D eigenvalue weighted by atomic mass is 10.3. The maximum Gasteiger partial charge on any atom is 0.319 e. The van der Waals surface area contributed by atoms with Gasteiger partial charge < -0.3 is 4.74 Å². The van der Waals surface area contributed by atoms with Crippen molar-refractivity contribution >= 4 is 5.97 Å². The molecule has 0 N–H and O–H groups in total. The molecular weight excluding hydrogens is 222 g/mol. The number of aryl methyl sites for hydroxylation is 1. The number of carbonyl (C=O) groups excluding carboxylic acids is 1. The summed E-state index contributed by atoms with van der Waals surface area (Å²) in [5.74, 6) is 0.505. The van der Waals surface area contributed by atoms with E-state index in [2.05, 4.69) is 27.2 Å². The first-order valence-electron chi connectivity index (χ1n) is 5.67. The predicted molar refractivity (Wildman–Crippen MR) is 61.1 cm³/mol. The van der Waals surface area contributed by atoms with Gasteiger partial charge in [-0.2, -0.15) is 0 Å². The molecule has 1 heterocycles. The Hall–Kier alpha value is -1.50. The van der Waals surface area contributed by atoms with Crippen LogP contribution in [0.2, 0.25) is 0 Å². The Kier molecular flexibility index (Phi) is 5.55. The number of esters is 1. The number of likely N-dealkylation sites (N-methyl/N-ethyl adjacent to an activating group) is 1. The van der Waals surface area contributed by atoms with Crippen molar-refractivity contribution in [1.29, 1.82) is 0 Å². The number of nitrogens with zero attached hydrogens (tertiary/aromatic N) is 5. The summed E-state index contributed by atoms with van der Waals surface area (Å²) in [6.07, 6.45) is 2.13. The van der Waals surface area contributed by atoms with E-state index in [0.717, 1.165) is 25.2 Å². The van der Waals surface area contributed by atoms with Gasteiger partial charge in [0, 0.05) is 6.54 Å². The zero-order valence-electron chi connectivity index (χ0n) is 10.6. The number of tetrazole rings is 1. The lowest BCUT2D eigenvalue weighted by Gasteiger charge is -2.14. The number of hydrogen-bond donors (Lipinski definition) is 0. The second-order valence-electron chi connectivity index (χ2n) is 3.92. The minimum absolute atomic E-state index is 0.233. The van der Waals surface area contributed by atoms with Crippen molar-refractivity contribution in [2.75, 3.05) is 20.7 Å². The topological polar surface area (TPSA) is 73.1 Å². The van der Waals surface area contributed by atoms with Crippen LogP contribution in [0.25, 0.3) is 0 Å². The summed E-state index contributed by atoms with van der Waals surface area (Å²) < 4.78 is 6.37. The summed E-state index contributed by atoms with van der Waals surface area (Å²) in [5.41, 5.74) is 0. The van der Waals surface area contributed by atoms with Crippen molar-refractivity contribution in [3.63, 3.8) is 0 Å². The van der Waals surface area contributed by atoms with Gasteiger partial charge in [-0.25, -0.2) is 4.68 Å². The van der Waals surface area contributed by atoms with Crippen LogP contribution < -0.4 is 0 Å². The molecule has 0 aliphatic rings. The van der Waals surface area contributed by atoms with Crippen molar-refractivity contribution < 1.29 is 9.53 Å². The molecule has 7 nitrogen and oxygen atoms in total. The largest absolute Gasteiger partial charge is 0.468 e. The molecule has 1 aromatic heterocycles. The summed E-state index contributed by atoms with van der Waals surface area (Å²) >= 11 is 0. The number of rotatable bonds is 7. The van der Waals surface area contributed by atoms with E-state index in [9.17, 15) is 4.79 Å². The number of aromatic nitrogens is 4. The van der Waals surface area contributed by atoms with Crippen molar-refractivity contribution in [1.82, 2.24) is 25.1 Å². The van der Waals surface area contributed by atoms with E-state index in [1.807, 2.05) is 11.9 Å². The molecule has 0 saturated carbocycles. The van der Waals surface area contributed by atoms with Crippen molar-refractivity contribution in [3.05, 3.63) is 5.82 Å². The van der Waals surface area contributed by atoms with Crippen LogP contribution in [-0.4, -0.2) is 51.8 Å². The number of carbonyl (C=O) groups is 1. The number of unbranched alkanes of at least 4 members (excludes halogenated alkanes) is 1. The van der Waals surface area contributed by atoms with Crippen LogP contribution in [0.3, 0.4) is 0 Å². The zero-order chi connectivity index (χ0) is 12.7. The molecule has 0 bridgehead atoms. The van der Waals surface area contributed by atoms with Gasteiger partial charge in [0.15, 0.2) is 5.82 Å². The maximum absolute atomic E-state index is 11.1. The molecule has 0 saturated heterocycles. The molecule has 0 amide bonds. The average molecular weight is 241 g/mol. The van der Waals surface area contributed by atoms with Crippen LogP contribution in [0, 0.1) is 0 Å². The van der Waals surface area contributed by atoms with Crippen LogP contribution >= 0.6 is 0 Å². The highest BCUT2D eigenvalue weighted by Gasteiger charge is 2.11. The van der Waals surface area contributed by atoms with Gasteiger partial charge >= 0.3 is 5.97 Å². The van der Waals surface area contributed by atoms with Crippen LogP contribution in [0.1, 0.15) is 25.6 Å². The molecule has 0 unspecified atom stereocenters. The molecule has 0 aromatic carbocycles. The Balaban J connectivity index is 2.49. The molecule has 7 heteroatoms. The summed E-state index contributed by atoms with van der Waals surface area (Å²) in [5, 5.41) is 11.5. The molecule has 96 valence electrons. The Morgan fingerprint density at radius 3 is 2.94 bits per heavy atom. The second kappa shape index (κ2) is 6.95. The van der Waals surface area contributed by atoms with E-state index in [-0.39, 0.29) is 12.5 Å². The lowest BCUT2D eigenvalue weighted by Crippen LogP contribution is -2.27. The normalized spacial score (nSPS) is 10.8. The minimum Gasteiger partial charge on any atom is -0.468 e. The first-order valence-corrected chi connectivity index (χ1v) is 5.67. The van der Waals surface area contributed by atoms with Gasteiger partial charge in [0.1, 0.15) is 0 Å².